The van der Waals surface area contributed by atoms with Crippen LogP contribution in [-0.2, 0) is 0 Å². The fourth-order valence-corrected chi connectivity index (χ4v) is 2.70. The van der Waals surface area contributed by atoms with E-state index in [1.54, 1.807) is 6.08 Å². The van der Waals surface area contributed by atoms with Crippen LogP contribution in [0.3, 0.4) is 0 Å². The van der Waals surface area contributed by atoms with Crippen LogP contribution in [0.1, 0.15) is 26.5 Å². The number of allylic oxidation sites excluding steroid dienone is 4. The number of ketones is 1. The van der Waals surface area contributed by atoms with Gasteiger partial charge in [-0.15, -0.1) is 11.3 Å². The Bertz CT molecular complexity index is 463. The van der Waals surface area contributed by atoms with Gasteiger partial charge in [0.15, 0.2) is 5.78 Å². The Labute approximate surface area is 98.3 Å². The second-order valence-electron chi connectivity index (χ2n) is 4.00. The number of carbonyl (C=O) groups is 1. The largest absolute Gasteiger partial charge is 0.293 e. The number of rotatable bonds is 2. The quantitative estimate of drug-likeness (QED) is 0.710. The van der Waals surface area contributed by atoms with Gasteiger partial charge in [-0.2, -0.15) is 0 Å². The van der Waals surface area contributed by atoms with Crippen LogP contribution < -0.4 is 0 Å². The summed E-state index contributed by atoms with van der Waals surface area (Å²) in [5.41, 5.74) is 1.15. The van der Waals surface area contributed by atoms with E-state index >= 15 is 0 Å². The SMILES string of the molecule is Cc1cc(C(=O)C2C=CC(F)=CC2)sc1C. The van der Waals surface area contributed by atoms with Crippen molar-refractivity contribution in [1.29, 1.82) is 0 Å². The minimum atomic E-state index is -0.248. The summed E-state index contributed by atoms with van der Waals surface area (Å²) in [4.78, 5) is 14.0. The molecule has 3 heteroatoms. The first-order valence-electron chi connectivity index (χ1n) is 5.23. The van der Waals surface area contributed by atoms with E-state index in [0.717, 1.165) is 10.4 Å². The van der Waals surface area contributed by atoms with Crippen molar-refractivity contribution in [3.05, 3.63) is 45.4 Å². The van der Waals surface area contributed by atoms with Crippen LogP contribution >= 0.6 is 11.3 Å². The molecule has 0 spiro atoms. The summed E-state index contributed by atoms with van der Waals surface area (Å²) >= 11 is 1.52. The van der Waals surface area contributed by atoms with Gasteiger partial charge in [-0.05, 0) is 44.1 Å². The average Bonchev–Trinajstić information content (AvgIpc) is 2.59. The molecule has 0 saturated carbocycles. The van der Waals surface area contributed by atoms with Crippen LogP contribution in [0, 0.1) is 19.8 Å². The van der Waals surface area contributed by atoms with E-state index in [-0.39, 0.29) is 17.5 Å². The lowest BCUT2D eigenvalue weighted by Gasteiger charge is -2.10. The molecular weight excluding hydrogens is 223 g/mol. The minimum absolute atomic E-state index is 0.0983. The van der Waals surface area contributed by atoms with Gasteiger partial charge in [0.2, 0.25) is 0 Å². The maximum atomic E-state index is 12.8. The highest BCUT2D eigenvalue weighted by Gasteiger charge is 2.20. The van der Waals surface area contributed by atoms with Gasteiger partial charge in [0.25, 0.3) is 0 Å². The Morgan fingerprint density at radius 2 is 2.25 bits per heavy atom. The molecule has 2 rings (SSSR count). The van der Waals surface area contributed by atoms with Crippen LogP contribution in [0.15, 0.2) is 30.1 Å². The highest BCUT2D eigenvalue weighted by Crippen LogP contribution is 2.27. The monoisotopic (exact) mass is 236 g/mol. The predicted octanol–water partition coefficient (Wildman–Crippen LogP) is 3.98. The molecule has 1 nitrogen and oxygen atoms in total. The first-order chi connectivity index (χ1) is 7.58. The lowest BCUT2D eigenvalue weighted by atomic mass is 9.95. The fraction of sp³-hybridized carbons (Fsp3) is 0.308. The molecule has 16 heavy (non-hydrogen) atoms. The smallest absolute Gasteiger partial charge is 0.179 e. The van der Waals surface area contributed by atoms with Gasteiger partial charge in [0, 0.05) is 10.8 Å². The lowest BCUT2D eigenvalue weighted by molar-refractivity contribution is 0.0949. The minimum Gasteiger partial charge on any atom is -0.293 e. The second kappa shape index (κ2) is 4.34. The summed E-state index contributed by atoms with van der Waals surface area (Å²) in [7, 11) is 0. The summed E-state index contributed by atoms with van der Waals surface area (Å²) in [5.74, 6) is -0.347. The van der Waals surface area contributed by atoms with E-state index in [4.69, 9.17) is 0 Å². The Hall–Kier alpha value is -1.22. The van der Waals surface area contributed by atoms with Crippen molar-refractivity contribution in [3.8, 4) is 0 Å². The molecule has 0 saturated heterocycles. The van der Waals surface area contributed by atoms with Crippen molar-refractivity contribution in [2.24, 2.45) is 5.92 Å². The number of hydrogen-bond donors (Lipinski definition) is 0. The van der Waals surface area contributed by atoms with Crippen molar-refractivity contribution in [1.82, 2.24) is 0 Å². The average molecular weight is 236 g/mol. The Balaban J connectivity index is 2.18. The number of hydrogen-bond acceptors (Lipinski definition) is 2. The Kier molecular flexibility index (Phi) is 3.06. The molecule has 1 aliphatic rings. The molecule has 1 aliphatic carbocycles. The van der Waals surface area contributed by atoms with Crippen LogP contribution in [0.5, 0.6) is 0 Å². The standard InChI is InChI=1S/C13H13FOS/c1-8-7-12(16-9(8)2)13(15)10-3-5-11(14)6-4-10/h3,5-7,10H,4H2,1-2H3. The first kappa shape index (κ1) is 11.3. The Morgan fingerprint density at radius 3 is 2.75 bits per heavy atom. The van der Waals surface area contributed by atoms with Crippen molar-refractivity contribution in [2.75, 3.05) is 0 Å². The molecule has 1 unspecified atom stereocenters. The fourth-order valence-electron chi connectivity index (χ4n) is 1.67. The second-order valence-corrected chi connectivity index (χ2v) is 5.26. The highest BCUT2D eigenvalue weighted by atomic mass is 32.1. The van der Waals surface area contributed by atoms with E-state index in [1.807, 2.05) is 19.9 Å². The maximum absolute atomic E-state index is 12.8. The zero-order valence-electron chi connectivity index (χ0n) is 9.29. The van der Waals surface area contributed by atoms with Crippen LogP contribution in [-0.4, -0.2) is 5.78 Å². The summed E-state index contributed by atoms with van der Waals surface area (Å²) in [6.07, 6.45) is 4.97. The van der Waals surface area contributed by atoms with E-state index in [1.165, 1.54) is 28.4 Å². The summed E-state index contributed by atoms with van der Waals surface area (Å²) in [6, 6.07) is 1.92. The van der Waals surface area contributed by atoms with Gasteiger partial charge in [-0.1, -0.05) is 6.08 Å². The van der Waals surface area contributed by atoms with Crippen molar-refractivity contribution in [3.63, 3.8) is 0 Å². The topological polar surface area (TPSA) is 17.1 Å². The van der Waals surface area contributed by atoms with E-state index in [2.05, 4.69) is 0 Å². The molecule has 0 aliphatic heterocycles. The number of Topliss-reactive ketones (excluding diaryl/α,β-unsaturated/α-hetero) is 1. The van der Waals surface area contributed by atoms with Gasteiger partial charge in [0.1, 0.15) is 5.83 Å². The van der Waals surface area contributed by atoms with Gasteiger partial charge in [0.05, 0.1) is 4.88 Å². The van der Waals surface area contributed by atoms with Crippen LogP contribution in [0.2, 0.25) is 0 Å². The van der Waals surface area contributed by atoms with Crippen molar-refractivity contribution in [2.45, 2.75) is 20.3 Å². The third-order valence-electron chi connectivity index (χ3n) is 2.80. The van der Waals surface area contributed by atoms with Crippen molar-refractivity contribution >= 4 is 17.1 Å². The van der Waals surface area contributed by atoms with Crippen LogP contribution in [0.4, 0.5) is 4.39 Å². The molecule has 0 N–H and O–H groups in total. The maximum Gasteiger partial charge on any atom is 0.179 e. The molecule has 1 aromatic rings. The Morgan fingerprint density at radius 1 is 1.50 bits per heavy atom. The van der Waals surface area contributed by atoms with Gasteiger partial charge < -0.3 is 0 Å². The van der Waals surface area contributed by atoms with E-state index in [0.29, 0.717) is 6.42 Å². The number of thiophene rings is 1. The highest BCUT2D eigenvalue weighted by molar-refractivity contribution is 7.14. The van der Waals surface area contributed by atoms with Crippen molar-refractivity contribution < 1.29 is 9.18 Å². The van der Waals surface area contributed by atoms with Crippen LogP contribution in [0.25, 0.3) is 0 Å². The third kappa shape index (κ3) is 2.14. The summed E-state index contributed by atoms with van der Waals surface area (Å²) in [6.45, 7) is 4.01. The van der Waals surface area contributed by atoms with Gasteiger partial charge in [-0.3, -0.25) is 4.79 Å². The molecule has 1 heterocycles. The molecule has 0 fully saturated rings. The number of aryl methyl sites for hydroxylation is 2. The summed E-state index contributed by atoms with van der Waals surface area (Å²) in [5, 5.41) is 0. The molecular formula is C13H13FOS. The molecule has 84 valence electrons. The normalized spacial score (nSPS) is 19.7. The third-order valence-corrected chi connectivity index (χ3v) is 3.97. The molecule has 0 aromatic carbocycles. The lowest BCUT2D eigenvalue weighted by Crippen LogP contribution is -2.12. The zero-order valence-corrected chi connectivity index (χ0v) is 10.1. The van der Waals surface area contributed by atoms with Gasteiger partial charge >= 0.3 is 0 Å². The molecule has 0 radical (unpaired) electrons. The molecule has 0 bridgehead atoms. The van der Waals surface area contributed by atoms with E-state index < -0.39 is 0 Å². The molecule has 0 amide bonds. The van der Waals surface area contributed by atoms with E-state index in [9.17, 15) is 9.18 Å². The molecule has 1 aromatic heterocycles. The summed E-state index contributed by atoms with van der Waals surface area (Å²) < 4.78 is 12.8. The zero-order chi connectivity index (χ0) is 11.7. The van der Waals surface area contributed by atoms with Gasteiger partial charge in [-0.25, -0.2) is 4.39 Å². The molecule has 1 atom stereocenters. The number of halogens is 1. The first-order valence-corrected chi connectivity index (χ1v) is 6.04. The predicted molar refractivity (Wildman–Crippen MR) is 64.6 cm³/mol. The number of carbonyl (C=O) groups excluding carboxylic acids is 1.